The molecule has 0 amide bonds. The molecule has 0 radical (unpaired) electrons. The maximum Gasteiger partial charge on any atom is 0.435 e. The smallest absolute Gasteiger partial charge is 0.435 e. The molecule has 0 aliphatic heterocycles. The molecule has 8 heteroatoms. The Kier molecular flexibility index (Phi) is 2.78. The Balaban J connectivity index is 3.28. The molecule has 0 fully saturated rings. The number of hydrogen-bond donors (Lipinski definition) is 1. The Morgan fingerprint density at radius 2 is 2.07 bits per heavy atom. The number of nitrogens with zero attached hydrogens (tertiary/aromatic N) is 2. The molecule has 5 nitrogen and oxygen atoms in total. The number of hydrogen-bond acceptors (Lipinski definition) is 4. The van der Waals surface area contributed by atoms with E-state index in [2.05, 4.69) is 14.9 Å². The quantitative estimate of drug-likeness (QED) is 0.813. The van der Waals surface area contributed by atoms with E-state index in [1.165, 1.54) is 0 Å². The van der Waals surface area contributed by atoms with Crippen molar-refractivity contribution in [2.75, 3.05) is 7.11 Å². The van der Waals surface area contributed by atoms with Crippen molar-refractivity contribution in [3.8, 4) is 5.88 Å². The van der Waals surface area contributed by atoms with Crippen molar-refractivity contribution in [3.05, 3.63) is 17.3 Å². The predicted molar refractivity (Wildman–Crippen MR) is 40.5 cm³/mol. The Morgan fingerprint density at radius 3 is 2.47 bits per heavy atom. The minimum absolute atomic E-state index is 0.369. The summed E-state index contributed by atoms with van der Waals surface area (Å²) in [6.45, 7) is 0. The van der Waals surface area contributed by atoms with Crippen LogP contribution in [0.5, 0.6) is 5.88 Å². The summed E-state index contributed by atoms with van der Waals surface area (Å²) < 4.78 is 40.8. The van der Waals surface area contributed by atoms with Gasteiger partial charge in [0.25, 0.3) is 0 Å². The number of methoxy groups -OCH3 is 1. The molecule has 15 heavy (non-hydrogen) atoms. The molecule has 0 saturated carbocycles. The molecule has 0 atom stereocenters. The van der Waals surface area contributed by atoms with Crippen LogP contribution < -0.4 is 4.74 Å². The van der Waals surface area contributed by atoms with Crippen LogP contribution in [0, 0.1) is 0 Å². The number of aromatic nitrogens is 2. The van der Waals surface area contributed by atoms with Gasteiger partial charge in [-0.25, -0.2) is 4.79 Å². The van der Waals surface area contributed by atoms with Gasteiger partial charge in [-0.05, 0) is 6.07 Å². The average molecular weight is 222 g/mol. The van der Waals surface area contributed by atoms with Gasteiger partial charge in [-0.15, -0.1) is 10.2 Å². The lowest BCUT2D eigenvalue weighted by Crippen LogP contribution is -2.13. The highest BCUT2D eigenvalue weighted by atomic mass is 19.4. The number of carboxylic acid groups (broad SMARTS) is 1. The van der Waals surface area contributed by atoms with Crippen LogP contribution in [0.15, 0.2) is 6.07 Å². The van der Waals surface area contributed by atoms with Gasteiger partial charge < -0.3 is 9.84 Å². The molecule has 1 N–H and O–H groups in total. The molecule has 1 rings (SSSR count). The lowest BCUT2D eigenvalue weighted by Gasteiger charge is -2.07. The molecular formula is C7H5F3N2O3. The largest absolute Gasteiger partial charge is 0.479 e. The first-order chi connectivity index (χ1) is 6.86. The SMILES string of the molecule is COc1nnc(C(F)(F)F)cc1C(=O)O. The van der Waals surface area contributed by atoms with Gasteiger partial charge in [-0.1, -0.05) is 0 Å². The second-order valence-electron chi connectivity index (χ2n) is 2.46. The minimum Gasteiger partial charge on any atom is -0.479 e. The van der Waals surface area contributed by atoms with E-state index in [-0.39, 0.29) is 0 Å². The Hall–Kier alpha value is -1.86. The van der Waals surface area contributed by atoms with Crippen LogP contribution in [-0.2, 0) is 6.18 Å². The van der Waals surface area contributed by atoms with Crippen molar-refractivity contribution >= 4 is 5.97 Å². The van der Waals surface area contributed by atoms with E-state index < -0.39 is 29.3 Å². The summed E-state index contributed by atoms with van der Waals surface area (Å²) in [5.74, 6) is -2.03. The van der Waals surface area contributed by atoms with Crippen LogP contribution in [0.3, 0.4) is 0 Å². The van der Waals surface area contributed by atoms with Crippen LogP contribution in [-0.4, -0.2) is 28.4 Å². The molecule has 0 aliphatic carbocycles. The first kappa shape index (κ1) is 11.2. The molecule has 0 saturated heterocycles. The van der Waals surface area contributed by atoms with Gasteiger partial charge in [0.2, 0.25) is 5.88 Å². The highest BCUT2D eigenvalue weighted by molar-refractivity contribution is 5.90. The zero-order valence-corrected chi connectivity index (χ0v) is 7.37. The zero-order valence-electron chi connectivity index (χ0n) is 7.37. The first-order valence-electron chi connectivity index (χ1n) is 3.58. The van der Waals surface area contributed by atoms with Crippen LogP contribution in [0.25, 0.3) is 0 Å². The van der Waals surface area contributed by atoms with Crippen molar-refractivity contribution in [2.45, 2.75) is 6.18 Å². The molecule has 1 aromatic rings. The van der Waals surface area contributed by atoms with Crippen molar-refractivity contribution < 1.29 is 27.8 Å². The molecule has 0 bridgehead atoms. The van der Waals surface area contributed by atoms with Crippen molar-refractivity contribution in [3.63, 3.8) is 0 Å². The summed E-state index contributed by atoms with van der Waals surface area (Å²) in [6.07, 6.45) is -4.73. The number of alkyl halides is 3. The van der Waals surface area contributed by atoms with Gasteiger partial charge in [0.15, 0.2) is 5.69 Å². The summed E-state index contributed by atoms with van der Waals surface area (Å²) in [4.78, 5) is 10.5. The lowest BCUT2D eigenvalue weighted by atomic mass is 10.2. The Labute approximate surface area is 81.5 Å². The number of aromatic carboxylic acids is 1. The fourth-order valence-corrected chi connectivity index (χ4v) is 0.823. The molecule has 0 unspecified atom stereocenters. The maximum absolute atomic E-state index is 12.1. The average Bonchev–Trinajstić information content (AvgIpc) is 2.15. The van der Waals surface area contributed by atoms with Crippen LogP contribution in [0.2, 0.25) is 0 Å². The van der Waals surface area contributed by atoms with Crippen LogP contribution >= 0.6 is 0 Å². The van der Waals surface area contributed by atoms with E-state index in [4.69, 9.17) is 5.11 Å². The second-order valence-corrected chi connectivity index (χ2v) is 2.46. The number of carboxylic acids is 1. The van der Waals surface area contributed by atoms with Gasteiger partial charge in [0.05, 0.1) is 7.11 Å². The topological polar surface area (TPSA) is 72.3 Å². The first-order valence-corrected chi connectivity index (χ1v) is 3.58. The summed E-state index contributed by atoms with van der Waals surface area (Å²) in [5.41, 5.74) is -2.06. The van der Waals surface area contributed by atoms with E-state index in [9.17, 15) is 18.0 Å². The van der Waals surface area contributed by atoms with Crippen LogP contribution in [0.4, 0.5) is 13.2 Å². The van der Waals surface area contributed by atoms with E-state index >= 15 is 0 Å². The minimum atomic E-state index is -4.73. The highest BCUT2D eigenvalue weighted by Crippen LogP contribution is 2.29. The zero-order chi connectivity index (χ0) is 11.6. The fraction of sp³-hybridized carbons (Fsp3) is 0.286. The molecule has 0 aromatic carbocycles. The summed E-state index contributed by atoms with van der Waals surface area (Å²) in [7, 11) is 1.09. The summed E-state index contributed by atoms with van der Waals surface area (Å²) in [6, 6.07) is 0.369. The maximum atomic E-state index is 12.1. The number of rotatable bonds is 2. The van der Waals surface area contributed by atoms with Crippen molar-refractivity contribution in [1.29, 1.82) is 0 Å². The van der Waals surface area contributed by atoms with Crippen molar-refractivity contribution in [2.24, 2.45) is 0 Å². The number of halogens is 3. The molecule has 0 spiro atoms. The van der Waals surface area contributed by atoms with E-state index in [1.807, 2.05) is 0 Å². The third-order valence-electron chi connectivity index (χ3n) is 1.47. The normalized spacial score (nSPS) is 11.2. The predicted octanol–water partition coefficient (Wildman–Crippen LogP) is 1.20. The van der Waals surface area contributed by atoms with Crippen molar-refractivity contribution in [1.82, 2.24) is 10.2 Å². The molecular weight excluding hydrogens is 217 g/mol. The highest BCUT2D eigenvalue weighted by Gasteiger charge is 2.34. The van der Waals surface area contributed by atoms with Gasteiger partial charge in [-0.3, -0.25) is 0 Å². The number of ether oxygens (including phenoxy) is 1. The molecule has 82 valence electrons. The summed E-state index contributed by atoms with van der Waals surface area (Å²) in [5, 5.41) is 14.4. The molecule has 0 aliphatic rings. The standard InChI is InChI=1S/C7H5F3N2O3/c1-15-5-3(6(13)14)2-4(11-12-5)7(8,9)10/h2H,1H3,(H,13,14). The number of carbonyl (C=O) groups is 1. The Bertz CT molecular complexity index is 392. The van der Waals surface area contributed by atoms with Gasteiger partial charge in [-0.2, -0.15) is 13.2 Å². The van der Waals surface area contributed by atoms with E-state index in [0.29, 0.717) is 6.07 Å². The molecule has 1 heterocycles. The second kappa shape index (κ2) is 3.71. The Morgan fingerprint density at radius 1 is 1.47 bits per heavy atom. The third kappa shape index (κ3) is 2.33. The summed E-state index contributed by atoms with van der Waals surface area (Å²) >= 11 is 0. The van der Waals surface area contributed by atoms with Gasteiger partial charge in [0.1, 0.15) is 5.56 Å². The van der Waals surface area contributed by atoms with Gasteiger partial charge >= 0.3 is 12.1 Å². The monoisotopic (exact) mass is 222 g/mol. The van der Waals surface area contributed by atoms with Crippen LogP contribution in [0.1, 0.15) is 16.1 Å². The lowest BCUT2D eigenvalue weighted by molar-refractivity contribution is -0.141. The third-order valence-corrected chi connectivity index (χ3v) is 1.47. The van der Waals surface area contributed by atoms with Gasteiger partial charge in [0, 0.05) is 0 Å². The molecule has 1 aromatic heterocycles. The van der Waals surface area contributed by atoms with E-state index in [0.717, 1.165) is 7.11 Å². The van der Waals surface area contributed by atoms with E-state index in [1.54, 1.807) is 0 Å². The fourth-order valence-electron chi connectivity index (χ4n) is 0.823.